The van der Waals surface area contributed by atoms with E-state index >= 15 is 0 Å². The average molecular weight is 536 g/mol. The number of halogens is 1. The molecule has 4 nitrogen and oxygen atoms in total. The zero-order valence-electron chi connectivity index (χ0n) is 20.3. The minimum absolute atomic E-state index is 0.169. The molecule has 6 heteroatoms. The van der Waals surface area contributed by atoms with Crippen molar-refractivity contribution in [3.63, 3.8) is 0 Å². The number of imide groups is 1. The molecule has 0 atom stereocenters. The van der Waals surface area contributed by atoms with Gasteiger partial charge in [-0.15, -0.1) is 0 Å². The second kappa shape index (κ2) is 10.4. The van der Waals surface area contributed by atoms with Gasteiger partial charge in [0.25, 0.3) is 11.1 Å². The normalized spacial score (nSPS) is 14.7. The van der Waals surface area contributed by atoms with Crippen LogP contribution < -0.4 is 4.74 Å². The number of nitrogens with zero attached hydrogens (tertiary/aromatic N) is 1. The van der Waals surface area contributed by atoms with Crippen LogP contribution >= 0.6 is 23.4 Å². The molecular formula is C32H22ClNO3S. The maximum absolute atomic E-state index is 13.3. The van der Waals surface area contributed by atoms with Crippen molar-refractivity contribution in [1.29, 1.82) is 0 Å². The number of hydrogen-bond acceptors (Lipinski definition) is 4. The number of amides is 2. The van der Waals surface area contributed by atoms with Crippen molar-refractivity contribution < 1.29 is 14.3 Å². The molecule has 0 aromatic heterocycles. The van der Waals surface area contributed by atoms with Crippen LogP contribution in [-0.2, 0) is 17.9 Å². The number of carbonyl (C=O) groups excluding carboxylic acids is 2. The number of benzene rings is 5. The van der Waals surface area contributed by atoms with Crippen LogP contribution in [-0.4, -0.2) is 16.0 Å². The van der Waals surface area contributed by atoms with Gasteiger partial charge in [-0.25, -0.2) is 0 Å². The van der Waals surface area contributed by atoms with Gasteiger partial charge in [-0.1, -0.05) is 96.5 Å². The predicted molar refractivity (Wildman–Crippen MR) is 155 cm³/mol. The number of ether oxygens (including phenoxy) is 1. The number of fused-ring (bicyclic) bond motifs is 2. The fourth-order valence-corrected chi connectivity index (χ4v) is 5.74. The molecule has 38 heavy (non-hydrogen) atoms. The van der Waals surface area contributed by atoms with Crippen molar-refractivity contribution in [2.75, 3.05) is 0 Å². The van der Waals surface area contributed by atoms with Crippen LogP contribution in [0.15, 0.2) is 108 Å². The summed E-state index contributed by atoms with van der Waals surface area (Å²) >= 11 is 7.04. The number of thioether (sulfide) groups is 1. The third-order valence-corrected chi connectivity index (χ3v) is 7.72. The van der Waals surface area contributed by atoms with Gasteiger partial charge in [0.15, 0.2) is 0 Å². The van der Waals surface area contributed by atoms with E-state index in [-0.39, 0.29) is 17.7 Å². The summed E-state index contributed by atoms with van der Waals surface area (Å²) in [6, 6.07) is 33.5. The molecule has 186 valence electrons. The molecule has 2 amide bonds. The van der Waals surface area contributed by atoms with Crippen LogP contribution in [0.1, 0.15) is 16.7 Å². The first-order chi connectivity index (χ1) is 18.6. The summed E-state index contributed by atoms with van der Waals surface area (Å²) in [6.45, 7) is 0.541. The maximum atomic E-state index is 13.3. The Morgan fingerprint density at radius 1 is 0.789 bits per heavy atom. The molecule has 0 unspecified atom stereocenters. The third kappa shape index (κ3) is 4.78. The fraction of sp³-hybridized carbons (Fsp3) is 0.0625. The highest BCUT2D eigenvalue weighted by Gasteiger charge is 2.35. The lowest BCUT2D eigenvalue weighted by Crippen LogP contribution is -2.27. The van der Waals surface area contributed by atoms with E-state index in [2.05, 4.69) is 24.3 Å². The van der Waals surface area contributed by atoms with Gasteiger partial charge in [0, 0.05) is 10.6 Å². The van der Waals surface area contributed by atoms with E-state index in [9.17, 15) is 9.59 Å². The molecule has 1 fully saturated rings. The van der Waals surface area contributed by atoms with Gasteiger partial charge < -0.3 is 4.74 Å². The average Bonchev–Trinajstić information content (AvgIpc) is 3.20. The molecule has 0 bridgehead atoms. The first-order valence-corrected chi connectivity index (χ1v) is 13.4. The zero-order valence-corrected chi connectivity index (χ0v) is 21.8. The third-order valence-electron chi connectivity index (χ3n) is 6.57. The molecular weight excluding hydrogens is 514 g/mol. The number of rotatable bonds is 6. The summed E-state index contributed by atoms with van der Waals surface area (Å²) in [4.78, 5) is 27.8. The Bertz CT molecular complexity index is 1740. The Morgan fingerprint density at radius 3 is 2.32 bits per heavy atom. The Hall–Kier alpha value is -4.06. The lowest BCUT2D eigenvalue weighted by Gasteiger charge is -2.14. The van der Waals surface area contributed by atoms with Crippen molar-refractivity contribution in [2.45, 2.75) is 13.2 Å². The van der Waals surface area contributed by atoms with Crippen LogP contribution in [0.3, 0.4) is 0 Å². The van der Waals surface area contributed by atoms with Crippen LogP contribution in [0.25, 0.3) is 27.6 Å². The predicted octanol–water partition coefficient (Wildman–Crippen LogP) is 8.46. The molecule has 1 heterocycles. The summed E-state index contributed by atoms with van der Waals surface area (Å²) in [5.74, 6) is 0.325. The van der Waals surface area contributed by atoms with E-state index in [1.54, 1.807) is 18.2 Å². The van der Waals surface area contributed by atoms with E-state index < -0.39 is 0 Å². The van der Waals surface area contributed by atoms with Gasteiger partial charge in [0.2, 0.25) is 0 Å². The van der Waals surface area contributed by atoms with E-state index in [1.807, 2.05) is 66.7 Å². The molecule has 6 rings (SSSR count). The Labute approximate surface area is 229 Å². The second-order valence-corrected chi connectivity index (χ2v) is 10.5. The lowest BCUT2D eigenvalue weighted by atomic mass is 10.0. The smallest absolute Gasteiger partial charge is 0.293 e. The summed E-state index contributed by atoms with van der Waals surface area (Å²) in [5, 5.41) is 4.52. The van der Waals surface area contributed by atoms with Crippen molar-refractivity contribution in [3.05, 3.63) is 130 Å². The molecule has 0 radical (unpaired) electrons. The van der Waals surface area contributed by atoms with Gasteiger partial charge in [0.1, 0.15) is 12.4 Å². The van der Waals surface area contributed by atoms with Gasteiger partial charge in [-0.2, -0.15) is 0 Å². The largest absolute Gasteiger partial charge is 0.488 e. The topological polar surface area (TPSA) is 46.6 Å². The SMILES string of the molecule is O=C1S/C(=C\c2c(OCc3cccc4ccccc34)ccc3ccccc23)C(=O)N1Cc1cccc(Cl)c1. The molecule has 5 aromatic rings. The van der Waals surface area contributed by atoms with Gasteiger partial charge in [0.05, 0.1) is 11.4 Å². The van der Waals surface area contributed by atoms with E-state index in [1.165, 1.54) is 4.90 Å². The summed E-state index contributed by atoms with van der Waals surface area (Å²) in [6.07, 6.45) is 1.78. The monoisotopic (exact) mass is 535 g/mol. The van der Waals surface area contributed by atoms with Crippen molar-refractivity contribution in [3.8, 4) is 5.75 Å². The van der Waals surface area contributed by atoms with Gasteiger partial charge in [-0.3, -0.25) is 14.5 Å². The zero-order chi connectivity index (χ0) is 26.1. The van der Waals surface area contributed by atoms with Crippen LogP contribution in [0, 0.1) is 0 Å². The number of hydrogen-bond donors (Lipinski definition) is 0. The molecule has 0 aliphatic carbocycles. The van der Waals surface area contributed by atoms with Crippen LogP contribution in [0.2, 0.25) is 5.02 Å². The van der Waals surface area contributed by atoms with E-state index in [0.29, 0.717) is 22.3 Å². The highest BCUT2D eigenvalue weighted by atomic mass is 35.5. The molecule has 0 saturated carbocycles. The first kappa shape index (κ1) is 24.3. The molecule has 5 aromatic carbocycles. The van der Waals surface area contributed by atoms with Crippen molar-refractivity contribution in [2.24, 2.45) is 0 Å². The van der Waals surface area contributed by atoms with Crippen LogP contribution in [0.5, 0.6) is 5.75 Å². The Balaban J connectivity index is 1.35. The summed E-state index contributed by atoms with van der Waals surface area (Å²) in [5.41, 5.74) is 2.64. The quantitative estimate of drug-likeness (QED) is 0.205. The van der Waals surface area contributed by atoms with E-state index in [4.69, 9.17) is 16.3 Å². The molecule has 0 N–H and O–H groups in total. The molecule has 1 saturated heterocycles. The highest BCUT2D eigenvalue weighted by Crippen LogP contribution is 2.38. The summed E-state index contributed by atoms with van der Waals surface area (Å²) in [7, 11) is 0. The number of carbonyl (C=O) groups is 2. The van der Waals surface area contributed by atoms with Gasteiger partial charge >= 0.3 is 0 Å². The van der Waals surface area contributed by atoms with Crippen molar-refractivity contribution in [1.82, 2.24) is 4.90 Å². The molecule has 1 aliphatic heterocycles. The van der Waals surface area contributed by atoms with Crippen LogP contribution in [0.4, 0.5) is 4.79 Å². The second-order valence-electron chi connectivity index (χ2n) is 9.02. The Morgan fingerprint density at radius 2 is 1.50 bits per heavy atom. The first-order valence-electron chi connectivity index (χ1n) is 12.2. The van der Waals surface area contributed by atoms with E-state index in [0.717, 1.165) is 50.0 Å². The lowest BCUT2D eigenvalue weighted by molar-refractivity contribution is -0.123. The molecule has 0 spiro atoms. The minimum Gasteiger partial charge on any atom is -0.488 e. The highest BCUT2D eigenvalue weighted by molar-refractivity contribution is 8.18. The maximum Gasteiger partial charge on any atom is 0.293 e. The summed E-state index contributed by atoms with van der Waals surface area (Å²) < 4.78 is 6.37. The fourth-order valence-electron chi connectivity index (χ4n) is 4.71. The minimum atomic E-state index is -0.326. The standard InChI is InChI=1S/C32H22ClNO3S/c33-25-12-5-7-21(17-25)19-34-31(35)30(38-32(34)36)18-28-27-14-4-2-9-23(27)15-16-29(28)37-20-24-11-6-10-22-8-1-3-13-26(22)24/h1-18H,19-20H2/b30-18-. The Kier molecular flexibility index (Phi) is 6.62. The van der Waals surface area contributed by atoms with Crippen molar-refractivity contribution >= 4 is 62.1 Å². The van der Waals surface area contributed by atoms with Gasteiger partial charge in [-0.05, 0) is 68.7 Å². The molecule has 1 aliphatic rings.